The first-order chi connectivity index (χ1) is 11.3. The van der Waals surface area contributed by atoms with Crippen LogP contribution in [0.5, 0.6) is 5.75 Å². The molecule has 0 saturated heterocycles. The lowest BCUT2D eigenvalue weighted by atomic mass is 10.3. The Kier molecular flexibility index (Phi) is 4.68. The molecule has 0 aliphatic carbocycles. The van der Waals surface area contributed by atoms with E-state index in [2.05, 4.69) is 15.3 Å². The van der Waals surface area contributed by atoms with Crippen LogP contribution in [0.15, 0.2) is 52.0 Å². The normalized spacial score (nSPS) is 11.2. The Labute approximate surface area is 138 Å². The zero-order valence-corrected chi connectivity index (χ0v) is 13.4. The number of H-pyrrole nitrogens is 1. The van der Waals surface area contributed by atoms with Gasteiger partial charge in [-0.15, -0.1) is 0 Å². The summed E-state index contributed by atoms with van der Waals surface area (Å²) in [4.78, 5) is 0. The van der Waals surface area contributed by atoms with Crippen LogP contribution in [0.4, 0.5) is 0 Å². The van der Waals surface area contributed by atoms with Crippen molar-refractivity contribution in [2.75, 3.05) is 0 Å². The highest BCUT2D eigenvalue weighted by atomic mass is 32.1. The third kappa shape index (κ3) is 3.75. The van der Waals surface area contributed by atoms with Crippen LogP contribution in [0.3, 0.4) is 0 Å². The lowest BCUT2D eigenvalue weighted by molar-refractivity contribution is 0.270. The van der Waals surface area contributed by atoms with E-state index in [1.165, 1.54) is 0 Å². The summed E-state index contributed by atoms with van der Waals surface area (Å²) in [6.45, 7) is 2.35. The third-order valence-electron chi connectivity index (χ3n) is 3.14. The van der Waals surface area contributed by atoms with Crippen molar-refractivity contribution >= 4 is 18.4 Å². The first kappa shape index (κ1) is 15.2. The van der Waals surface area contributed by atoms with E-state index in [0.717, 1.165) is 23.8 Å². The Hall–Kier alpha value is -2.67. The maximum atomic E-state index is 5.66. The molecule has 0 aliphatic rings. The van der Waals surface area contributed by atoms with Gasteiger partial charge in [-0.05, 0) is 36.5 Å². The van der Waals surface area contributed by atoms with Crippen LogP contribution in [0.2, 0.25) is 0 Å². The molecule has 0 fully saturated rings. The average molecular weight is 328 g/mol. The van der Waals surface area contributed by atoms with Gasteiger partial charge in [-0.1, -0.05) is 25.1 Å². The van der Waals surface area contributed by atoms with Crippen LogP contribution >= 0.6 is 12.2 Å². The summed E-state index contributed by atoms with van der Waals surface area (Å²) in [5.41, 5.74) is 0. The summed E-state index contributed by atoms with van der Waals surface area (Å²) < 4.78 is 13.3. The van der Waals surface area contributed by atoms with Crippen LogP contribution in [-0.4, -0.2) is 21.1 Å². The zero-order valence-electron chi connectivity index (χ0n) is 12.6. The quantitative estimate of drug-likeness (QED) is 0.555. The van der Waals surface area contributed by atoms with Gasteiger partial charge in [-0.3, -0.25) is 5.10 Å². The van der Waals surface area contributed by atoms with Gasteiger partial charge in [0, 0.05) is 6.42 Å². The van der Waals surface area contributed by atoms with E-state index in [-0.39, 0.29) is 0 Å². The molecule has 0 radical (unpaired) electrons. The Balaban J connectivity index is 1.66. The van der Waals surface area contributed by atoms with Crippen molar-refractivity contribution in [3.8, 4) is 5.75 Å². The van der Waals surface area contributed by atoms with Crippen molar-refractivity contribution in [1.29, 1.82) is 0 Å². The van der Waals surface area contributed by atoms with Gasteiger partial charge < -0.3 is 9.15 Å². The molecule has 3 rings (SSSR count). The minimum Gasteiger partial charge on any atom is -0.486 e. The monoisotopic (exact) mass is 328 g/mol. The molecule has 0 saturated carbocycles. The van der Waals surface area contributed by atoms with Crippen LogP contribution in [0.25, 0.3) is 0 Å². The fraction of sp³-hybridized carbons (Fsp3) is 0.188. The van der Waals surface area contributed by atoms with Crippen LogP contribution in [-0.2, 0) is 13.0 Å². The highest BCUT2D eigenvalue weighted by molar-refractivity contribution is 7.71. The van der Waals surface area contributed by atoms with Gasteiger partial charge in [0.05, 0.1) is 6.21 Å². The number of rotatable bonds is 6. The second-order valence-corrected chi connectivity index (χ2v) is 5.15. The second kappa shape index (κ2) is 7.06. The number of aromatic amines is 1. The summed E-state index contributed by atoms with van der Waals surface area (Å²) >= 11 is 5.14. The lowest BCUT2D eigenvalue weighted by Crippen LogP contribution is -1.97. The number of para-hydroxylation sites is 1. The molecule has 3 aromatic rings. The van der Waals surface area contributed by atoms with E-state index >= 15 is 0 Å². The summed E-state index contributed by atoms with van der Waals surface area (Å²) in [7, 11) is 0. The van der Waals surface area contributed by atoms with E-state index in [9.17, 15) is 0 Å². The van der Waals surface area contributed by atoms with Crippen molar-refractivity contribution in [3.05, 3.63) is 64.6 Å². The van der Waals surface area contributed by atoms with Gasteiger partial charge in [-0.2, -0.15) is 14.9 Å². The van der Waals surface area contributed by atoms with E-state index in [0.29, 0.717) is 17.1 Å². The Morgan fingerprint density at radius 1 is 1.30 bits per heavy atom. The maximum absolute atomic E-state index is 5.66. The molecule has 2 heterocycles. The van der Waals surface area contributed by atoms with Gasteiger partial charge in [0.2, 0.25) is 4.77 Å². The topological polar surface area (TPSA) is 68.3 Å². The molecule has 0 unspecified atom stereocenters. The highest BCUT2D eigenvalue weighted by Crippen LogP contribution is 2.13. The third-order valence-corrected chi connectivity index (χ3v) is 3.41. The molecule has 6 nitrogen and oxygen atoms in total. The number of hydrogen-bond donors (Lipinski definition) is 1. The Bertz CT molecular complexity index is 848. The molecule has 118 valence electrons. The van der Waals surface area contributed by atoms with Gasteiger partial charge in [0.15, 0.2) is 5.82 Å². The molecule has 0 atom stereocenters. The number of aromatic nitrogens is 3. The molecular weight excluding hydrogens is 312 g/mol. The molecular formula is C16H16N4O2S. The molecule has 1 N–H and O–H groups in total. The molecule has 0 spiro atoms. The fourth-order valence-electron chi connectivity index (χ4n) is 2.00. The first-order valence-electron chi connectivity index (χ1n) is 7.23. The van der Waals surface area contributed by atoms with Crippen molar-refractivity contribution in [2.24, 2.45) is 5.10 Å². The number of furan rings is 1. The number of nitrogens with one attached hydrogen (secondary N) is 1. The number of ether oxygens (including phenoxy) is 1. The largest absolute Gasteiger partial charge is 0.486 e. The smallest absolute Gasteiger partial charge is 0.216 e. The Morgan fingerprint density at radius 2 is 2.13 bits per heavy atom. The van der Waals surface area contributed by atoms with Crippen LogP contribution in [0.1, 0.15) is 24.3 Å². The van der Waals surface area contributed by atoms with Crippen molar-refractivity contribution < 1.29 is 9.15 Å². The maximum Gasteiger partial charge on any atom is 0.216 e. The number of hydrogen-bond acceptors (Lipinski definition) is 5. The van der Waals surface area contributed by atoms with Gasteiger partial charge in [0.1, 0.15) is 23.9 Å². The summed E-state index contributed by atoms with van der Waals surface area (Å²) in [6.07, 6.45) is 2.34. The SMILES string of the molecule is CCc1n[nH]c(=S)n1/N=C\c1ccc(COc2ccccc2)o1. The molecule has 7 heteroatoms. The molecule has 23 heavy (non-hydrogen) atoms. The number of nitrogens with zero attached hydrogens (tertiary/aromatic N) is 3. The fourth-order valence-corrected chi connectivity index (χ4v) is 2.20. The van der Waals surface area contributed by atoms with E-state index in [1.807, 2.05) is 49.4 Å². The van der Waals surface area contributed by atoms with Gasteiger partial charge in [-0.25, -0.2) is 0 Å². The van der Waals surface area contributed by atoms with E-state index in [1.54, 1.807) is 10.9 Å². The molecule has 0 amide bonds. The summed E-state index contributed by atoms with van der Waals surface area (Å²) in [6, 6.07) is 13.3. The molecule has 0 aliphatic heterocycles. The Morgan fingerprint density at radius 3 is 2.91 bits per heavy atom. The summed E-state index contributed by atoms with van der Waals surface area (Å²) in [5, 5.41) is 11.1. The first-order valence-corrected chi connectivity index (χ1v) is 7.64. The lowest BCUT2D eigenvalue weighted by Gasteiger charge is -2.02. The van der Waals surface area contributed by atoms with E-state index < -0.39 is 0 Å². The van der Waals surface area contributed by atoms with E-state index in [4.69, 9.17) is 21.4 Å². The average Bonchev–Trinajstić information content (AvgIpc) is 3.18. The number of benzene rings is 1. The van der Waals surface area contributed by atoms with Gasteiger partial charge >= 0.3 is 0 Å². The molecule has 2 aromatic heterocycles. The highest BCUT2D eigenvalue weighted by Gasteiger charge is 2.04. The van der Waals surface area contributed by atoms with Crippen molar-refractivity contribution in [1.82, 2.24) is 14.9 Å². The molecule has 0 bridgehead atoms. The molecule has 1 aromatic carbocycles. The van der Waals surface area contributed by atoms with Crippen molar-refractivity contribution in [3.63, 3.8) is 0 Å². The van der Waals surface area contributed by atoms with Crippen LogP contribution in [0, 0.1) is 4.77 Å². The predicted octanol–water partition coefficient (Wildman–Crippen LogP) is 3.56. The minimum absolute atomic E-state index is 0.364. The van der Waals surface area contributed by atoms with Crippen LogP contribution < -0.4 is 4.74 Å². The minimum atomic E-state index is 0.364. The zero-order chi connectivity index (χ0) is 16.1. The standard InChI is InChI=1S/C16H16N4O2S/c1-2-15-18-19-16(23)20(15)17-10-13-8-9-14(22-13)11-21-12-6-4-3-5-7-12/h3-10H,2,11H2,1H3,(H,19,23)/b17-10-. The van der Waals surface area contributed by atoms with Gasteiger partial charge in [0.25, 0.3) is 0 Å². The second-order valence-electron chi connectivity index (χ2n) is 4.76. The van der Waals surface area contributed by atoms with Crippen molar-refractivity contribution in [2.45, 2.75) is 20.0 Å². The number of aryl methyl sites for hydroxylation is 1. The predicted molar refractivity (Wildman–Crippen MR) is 89.3 cm³/mol. The summed E-state index contributed by atoms with van der Waals surface area (Å²) in [5.74, 6) is 2.92.